The van der Waals surface area contributed by atoms with Crippen LogP contribution < -0.4 is 5.73 Å². The minimum Gasteiger partial charge on any atom is -0.415 e. The lowest BCUT2D eigenvalue weighted by Crippen LogP contribution is -1.95. The van der Waals surface area contributed by atoms with Crippen LogP contribution in [0, 0.1) is 0 Å². The van der Waals surface area contributed by atoms with Crippen LogP contribution in [-0.4, -0.2) is 15.2 Å². The zero-order chi connectivity index (χ0) is 12.4. The van der Waals surface area contributed by atoms with E-state index in [1.807, 2.05) is 18.2 Å². The first-order valence-corrected chi connectivity index (χ1v) is 7.15. The quantitative estimate of drug-likeness (QED) is 0.738. The number of fused-ring (bicyclic) bond motifs is 1. The van der Waals surface area contributed by atoms with Crippen LogP contribution in [-0.2, 0) is 12.3 Å². The topological polar surface area (TPSA) is 77.8 Å². The Hall–Kier alpha value is -1.44. The Morgan fingerprint density at radius 1 is 1.28 bits per heavy atom. The first kappa shape index (κ1) is 11.6. The van der Waals surface area contributed by atoms with Gasteiger partial charge in [-0.3, -0.25) is 0 Å². The normalized spacial score (nSPS) is 11.2. The van der Waals surface area contributed by atoms with Gasteiger partial charge in [-0.05, 0) is 12.1 Å². The van der Waals surface area contributed by atoms with Gasteiger partial charge in [0.25, 0.3) is 5.22 Å². The maximum atomic E-state index is 5.41. The highest BCUT2D eigenvalue weighted by molar-refractivity contribution is 7.98. The minimum absolute atomic E-state index is 0.273. The second-order valence-electron chi connectivity index (χ2n) is 3.53. The van der Waals surface area contributed by atoms with E-state index in [-0.39, 0.29) is 6.54 Å². The van der Waals surface area contributed by atoms with Crippen molar-refractivity contribution in [1.29, 1.82) is 0 Å². The third-order valence-corrected chi connectivity index (χ3v) is 4.33. The van der Waals surface area contributed by atoms with E-state index in [2.05, 4.69) is 21.2 Å². The lowest BCUT2D eigenvalue weighted by atomic mass is 10.3. The first-order chi connectivity index (χ1) is 8.85. The Kier molecular flexibility index (Phi) is 3.26. The summed E-state index contributed by atoms with van der Waals surface area (Å²) in [7, 11) is 0. The highest BCUT2D eigenvalue weighted by atomic mass is 32.2. The van der Waals surface area contributed by atoms with Gasteiger partial charge in [-0.1, -0.05) is 23.9 Å². The fraction of sp³-hybridized carbons (Fsp3) is 0.182. The van der Waals surface area contributed by atoms with Crippen LogP contribution in [0.15, 0.2) is 33.9 Å². The van der Waals surface area contributed by atoms with Crippen LogP contribution in [0.1, 0.15) is 10.9 Å². The summed E-state index contributed by atoms with van der Waals surface area (Å²) in [5.41, 5.74) is 6.44. The second-order valence-corrected chi connectivity index (χ2v) is 5.57. The predicted octanol–water partition coefficient (Wildman–Crippen LogP) is 2.43. The molecule has 0 aliphatic rings. The van der Waals surface area contributed by atoms with Gasteiger partial charge in [0.2, 0.25) is 5.89 Å². The van der Waals surface area contributed by atoms with Gasteiger partial charge >= 0.3 is 0 Å². The molecule has 92 valence electrons. The lowest BCUT2D eigenvalue weighted by Gasteiger charge is -1.90. The minimum atomic E-state index is 0.273. The Balaban J connectivity index is 1.72. The molecule has 0 fully saturated rings. The Labute approximate surface area is 111 Å². The lowest BCUT2D eigenvalue weighted by molar-refractivity contribution is 0.415. The number of nitrogens with zero attached hydrogens (tertiary/aromatic N) is 3. The van der Waals surface area contributed by atoms with E-state index in [0.717, 1.165) is 16.3 Å². The number of thiazole rings is 1. The maximum Gasteiger partial charge on any atom is 0.277 e. The van der Waals surface area contributed by atoms with E-state index in [4.69, 9.17) is 10.2 Å². The van der Waals surface area contributed by atoms with Crippen LogP contribution in [0.2, 0.25) is 0 Å². The number of benzene rings is 1. The van der Waals surface area contributed by atoms with Gasteiger partial charge in [-0.15, -0.1) is 21.5 Å². The van der Waals surface area contributed by atoms with Crippen molar-refractivity contribution in [2.24, 2.45) is 5.73 Å². The molecule has 3 aromatic rings. The van der Waals surface area contributed by atoms with Crippen LogP contribution in [0.5, 0.6) is 0 Å². The van der Waals surface area contributed by atoms with Gasteiger partial charge in [0.05, 0.1) is 22.5 Å². The number of rotatable bonds is 4. The molecule has 0 saturated heterocycles. The van der Waals surface area contributed by atoms with E-state index < -0.39 is 0 Å². The van der Waals surface area contributed by atoms with Gasteiger partial charge in [-0.2, -0.15) is 0 Å². The number of aromatic nitrogens is 3. The summed E-state index contributed by atoms with van der Waals surface area (Å²) in [6.45, 7) is 0.273. The van der Waals surface area contributed by atoms with Gasteiger partial charge < -0.3 is 10.2 Å². The second kappa shape index (κ2) is 5.05. The van der Waals surface area contributed by atoms with Crippen LogP contribution in [0.4, 0.5) is 0 Å². The molecular formula is C11H10N4OS2. The number of para-hydroxylation sites is 1. The Morgan fingerprint density at radius 2 is 2.17 bits per heavy atom. The van der Waals surface area contributed by atoms with Gasteiger partial charge in [0.15, 0.2) is 0 Å². The molecule has 2 aromatic heterocycles. The van der Waals surface area contributed by atoms with Crippen molar-refractivity contribution in [2.75, 3.05) is 0 Å². The third kappa shape index (κ3) is 2.38. The van der Waals surface area contributed by atoms with Crippen LogP contribution in [0.25, 0.3) is 10.2 Å². The molecule has 1 aromatic carbocycles. The predicted molar refractivity (Wildman–Crippen MR) is 71.4 cm³/mol. The molecule has 0 saturated carbocycles. The number of hydrogen-bond donors (Lipinski definition) is 1. The summed E-state index contributed by atoms with van der Waals surface area (Å²) in [5, 5.41) is 9.30. The molecule has 0 aliphatic heterocycles. The Bertz CT molecular complexity index is 631. The largest absolute Gasteiger partial charge is 0.415 e. The standard InChI is InChI=1S/C11H10N4OS2/c12-5-9-14-15-11(16-9)17-6-10-13-7-3-1-2-4-8(7)18-10/h1-4H,5-6,12H2. The summed E-state index contributed by atoms with van der Waals surface area (Å²) in [6, 6.07) is 8.09. The van der Waals surface area contributed by atoms with Gasteiger partial charge in [0.1, 0.15) is 5.01 Å². The zero-order valence-electron chi connectivity index (χ0n) is 9.37. The van der Waals surface area contributed by atoms with Crippen LogP contribution >= 0.6 is 23.1 Å². The molecule has 0 aliphatic carbocycles. The molecule has 7 heteroatoms. The summed E-state index contributed by atoms with van der Waals surface area (Å²) in [4.78, 5) is 4.54. The average molecular weight is 278 g/mol. The van der Waals surface area contributed by atoms with E-state index in [9.17, 15) is 0 Å². The molecule has 2 heterocycles. The van der Waals surface area contributed by atoms with Crippen molar-refractivity contribution in [3.63, 3.8) is 0 Å². The first-order valence-electron chi connectivity index (χ1n) is 5.35. The average Bonchev–Trinajstić information content (AvgIpc) is 3.02. The van der Waals surface area contributed by atoms with E-state index >= 15 is 0 Å². The number of thioether (sulfide) groups is 1. The highest BCUT2D eigenvalue weighted by Crippen LogP contribution is 2.27. The van der Waals surface area contributed by atoms with Gasteiger partial charge in [-0.25, -0.2) is 4.98 Å². The monoisotopic (exact) mass is 278 g/mol. The summed E-state index contributed by atoms with van der Waals surface area (Å²) in [6.07, 6.45) is 0. The van der Waals surface area contributed by atoms with Crippen molar-refractivity contribution >= 4 is 33.3 Å². The molecule has 2 N–H and O–H groups in total. The van der Waals surface area contributed by atoms with E-state index in [1.54, 1.807) is 11.3 Å². The fourth-order valence-corrected chi connectivity index (χ4v) is 3.22. The summed E-state index contributed by atoms with van der Waals surface area (Å²) >= 11 is 3.16. The Morgan fingerprint density at radius 3 is 2.94 bits per heavy atom. The number of hydrogen-bond acceptors (Lipinski definition) is 7. The highest BCUT2D eigenvalue weighted by Gasteiger charge is 2.08. The molecule has 0 bridgehead atoms. The van der Waals surface area contributed by atoms with Crippen molar-refractivity contribution in [1.82, 2.24) is 15.2 Å². The van der Waals surface area contributed by atoms with Crippen molar-refractivity contribution in [3.8, 4) is 0 Å². The molecule has 18 heavy (non-hydrogen) atoms. The molecule has 0 amide bonds. The molecule has 0 unspecified atom stereocenters. The molecule has 0 spiro atoms. The van der Waals surface area contributed by atoms with Crippen molar-refractivity contribution < 1.29 is 4.42 Å². The maximum absolute atomic E-state index is 5.41. The third-order valence-electron chi connectivity index (χ3n) is 2.28. The molecular weight excluding hydrogens is 268 g/mol. The molecule has 0 atom stereocenters. The van der Waals surface area contributed by atoms with E-state index in [1.165, 1.54) is 16.5 Å². The van der Waals surface area contributed by atoms with Crippen LogP contribution in [0.3, 0.4) is 0 Å². The summed E-state index contributed by atoms with van der Waals surface area (Å²) in [5.74, 6) is 1.19. The number of nitrogens with two attached hydrogens (primary N) is 1. The van der Waals surface area contributed by atoms with Crippen molar-refractivity contribution in [2.45, 2.75) is 17.5 Å². The molecule has 3 rings (SSSR count). The SMILES string of the molecule is NCc1nnc(SCc2nc3ccccc3s2)o1. The van der Waals surface area contributed by atoms with Gasteiger partial charge in [0, 0.05) is 0 Å². The van der Waals surface area contributed by atoms with E-state index in [0.29, 0.717) is 11.1 Å². The van der Waals surface area contributed by atoms with Crippen molar-refractivity contribution in [3.05, 3.63) is 35.2 Å². The zero-order valence-corrected chi connectivity index (χ0v) is 11.0. The molecule has 5 nitrogen and oxygen atoms in total. The fourth-order valence-electron chi connectivity index (χ4n) is 1.48. The molecule has 0 radical (unpaired) electrons. The summed E-state index contributed by atoms with van der Waals surface area (Å²) < 4.78 is 6.52. The smallest absolute Gasteiger partial charge is 0.277 e.